The van der Waals surface area contributed by atoms with Crippen molar-refractivity contribution in [3.63, 3.8) is 0 Å². The van der Waals surface area contributed by atoms with Crippen LogP contribution >= 0.6 is 12.4 Å². The first-order valence-corrected chi connectivity index (χ1v) is 3.63. The first kappa shape index (κ1) is 15.3. The van der Waals surface area contributed by atoms with Crippen LogP contribution in [-0.4, -0.2) is 0 Å². The minimum Gasteiger partial charge on any atom is -0.273 e. The molecule has 1 aromatic carbocycles. The second-order valence-corrected chi connectivity index (χ2v) is 2.08. The van der Waals surface area contributed by atoms with Gasteiger partial charge >= 0.3 is 26.2 Å². The zero-order chi connectivity index (χ0) is 7.78. The predicted octanol–water partition coefficient (Wildman–Crippen LogP) is 3.21. The van der Waals surface area contributed by atoms with Gasteiger partial charge in [-0.1, -0.05) is 0 Å². The van der Waals surface area contributed by atoms with Crippen LogP contribution in [0.5, 0.6) is 0 Å². The Hall–Kier alpha value is -0.127. The Morgan fingerprint density at radius 2 is 1.69 bits per heavy atom. The molecule has 2 heteroatoms. The molecular formula is C11H11ClZr. The molecule has 0 atom stereocenters. The van der Waals surface area contributed by atoms with E-state index in [0.29, 0.717) is 0 Å². The number of allylic oxidation sites excluding steroid dienone is 4. The topological polar surface area (TPSA) is 0 Å². The van der Waals surface area contributed by atoms with E-state index in [1.165, 1.54) is 0 Å². The Kier molecular flexibility index (Phi) is 14.0. The normalized spacial score (nSPS) is 10.5. The molecule has 0 aliphatic heterocycles. The van der Waals surface area contributed by atoms with Crippen LogP contribution in [0, 0.1) is 12.1 Å². The fourth-order valence-corrected chi connectivity index (χ4v) is 0.682. The maximum absolute atomic E-state index is 2.99. The fraction of sp³-hybridized carbons (Fsp3) is 0.0909. The summed E-state index contributed by atoms with van der Waals surface area (Å²) in [5.41, 5.74) is 0. The summed E-state index contributed by atoms with van der Waals surface area (Å²) in [6, 6.07) is 12.5. The van der Waals surface area contributed by atoms with Gasteiger partial charge in [0.25, 0.3) is 0 Å². The summed E-state index contributed by atoms with van der Waals surface area (Å²) in [5.74, 6) is 0. The molecule has 0 spiro atoms. The molecule has 0 amide bonds. The first-order chi connectivity index (χ1) is 5.50. The number of hydrogen-bond donors (Lipinski definition) is 0. The maximum atomic E-state index is 2.99. The second kappa shape index (κ2) is 11.9. The molecular weight excluding hydrogens is 259 g/mol. The van der Waals surface area contributed by atoms with Crippen molar-refractivity contribution in [2.75, 3.05) is 0 Å². The van der Waals surface area contributed by atoms with E-state index in [-0.39, 0.29) is 38.6 Å². The van der Waals surface area contributed by atoms with E-state index >= 15 is 0 Å². The van der Waals surface area contributed by atoms with Crippen molar-refractivity contribution in [2.45, 2.75) is 6.42 Å². The van der Waals surface area contributed by atoms with Crippen molar-refractivity contribution >= 4 is 12.4 Å². The standard InChI is InChI=1S/C6H5.C5H5.ClH.Zr/c1-2-4-6-5-3-1;1-2-4-5-3-1;;/h1-5H;1-3H,4H2;1H;/q2*-1;;+2. The second-order valence-electron chi connectivity index (χ2n) is 2.08. The van der Waals surface area contributed by atoms with Gasteiger partial charge in [-0.3, -0.25) is 6.08 Å². The summed E-state index contributed by atoms with van der Waals surface area (Å²) in [6.45, 7) is 0. The quantitative estimate of drug-likeness (QED) is 0.635. The summed E-state index contributed by atoms with van der Waals surface area (Å²) in [4.78, 5) is 0. The third-order valence-electron chi connectivity index (χ3n) is 1.19. The summed E-state index contributed by atoms with van der Waals surface area (Å²) in [7, 11) is 0. The summed E-state index contributed by atoms with van der Waals surface area (Å²) < 4.78 is 0. The Labute approximate surface area is 105 Å². The Balaban J connectivity index is 0. The molecule has 0 nitrogen and oxygen atoms in total. The molecule has 0 heterocycles. The van der Waals surface area contributed by atoms with Crippen molar-refractivity contribution < 1.29 is 26.2 Å². The van der Waals surface area contributed by atoms with Crippen LogP contribution < -0.4 is 0 Å². The van der Waals surface area contributed by atoms with Gasteiger partial charge in [0.1, 0.15) is 0 Å². The molecule has 0 unspecified atom stereocenters. The van der Waals surface area contributed by atoms with Gasteiger partial charge in [0.05, 0.1) is 0 Å². The van der Waals surface area contributed by atoms with E-state index in [9.17, 15) is 0 Å². The van der Waals surface area contributed by atoms with Crippen LogP contribution in [0.1, 0.15) is 6.42 Å². The minimum absolute atomic E-state index is 0. The zero-order valence-electron chi connectivity index (χ0n) is 7.23. The molecule has 0 saturated heterocycles. The van der Waals surface area contributed by atoms with Gasteiger partial charge in [-0.2, -0.15) is 42.5 Å². The van der Waals surface area contributed by atoms with Crippen molar-refractivity contribution in [3.05, 3.63) is 60.7 Å². The Morgan fingerprint density at radius 1 is 1.00 bits per heavy atom. The smallest absolute Gasteiger partial charge is 0.273 e. The molecule has 0 radical (unpaired) electrons. The predicted molar refractivity (Wildman–Crippen MR) is 54.1 cm³/mol. The molecule has 2 rings (SSSR count). The van der Waals surface area contributed by atoms with E-state index in [1.54, 1.807) is 0 Å². The molecule has 1 aromatic rings. The molecule has 0 fully saturated rings. The Morgan fingerprint density at radius 3 is 1.85 bits per heavy atom. The van der Waals surface area contributed by atoms with Crippen LogP contribution in [0.2, 0.25) is 0 Å². The van der Waals surface area contributed by atoms with Crippen molar-refractivity contribution in [1.29, 1.82) is 0 Å². The van der Waals surface area contributed by atoms with E-state index < -0.39 is 0 Å². The molecule has 0 saturated carbocycles. The van der Waals surface area contributed by atoms with E-state index in [0.717, 1.165) is 6.42 Å². The Bertz CT molecular complexity index is 192. The summed E-state index contributed by atoms with van der Waals surface area (Å²) >= 11 is 0. The minimum atomic E-state index is 0. The van der Waals surface area contributed by atoms with E-state index in [1.807, 2.05) is 42.5 Å². The maximum Gasteiger partial charge on any atom is 2.00 e. The zero-order valence-corrected chi connectivity index (χ0v) is 10.5. The van der Waals surface area contributed by atoms with E-state index in [4.69, 9.17) is 0 Å². The molecule has 0 aromatic heterocycles. The molecule has 0 N–H and O–H groups in total. The number of rotatable bonds is 0. The van der Waals surface area contributed by atoms with Crippen molar-refractivity contribution in [2.24, 2.45) is 0 Å². The first-order valence-electron chi connectivity index (χ1n) is 3.63. The number of halogens is 1. The van der Waals surface area contributed by atoms with Crippen LogP contribution in [0.15, 0.2) is 48.6 Å². The molecule has 66 valence electrons. The van der Waals surface area contributed by atoms with Gasteiger partial charge in [-0.15, -0.1) is 18.8 Å². The fourth-order valence-electron chi connectivity index (χ4n) is 0.682. The van der Waals surface area contributed by atoms with Gasteiger partial charge in [-0.05, 0) is 0 Å². The van der Waals surface area contributed by atoms with Gasteiger partial charge < -0.3 is 0 Å². The van der Waals surface area contributed by atoms with Crippen molar-refractivity contribution in [3.8, 4) is 0 Å². The van der Waals surface area contributed by atoms with Crippen molar-refractivity contribution in [1.82, 2.24) is 0 Å². The molecule has 1 aliphatic rings. The average molecular weight is 270 g/mol. The van der Waals surface area contributed by atoms with E-state index in [2.05, 4.69) is 18.2 Å². The molecule has 1 aliphatic carbocycles. The van der Waals surface area contributed by atoms with Crippen LogP contribution in [0.25, 0.3) is 0 Å². The third kappa shape index (κ3) is 9.79. The summed E-state index contributed by atoms with van der Waals surface area (Å²) in [6.07, 6.45) is 10.0. The van der Waals surface area contributed by atoms with Gasteiger partial charge in [0.15, 0.2) is 0 Å². The largest absolute Gasteiger partial charge is 2.00 e. The molecule has 13 heavy (non-hydrogen) atoms. The van der Waals surface area contributed by atoms with Gasteiger partial charge in [0, 0.05) is 0 Å². The number of benzene rings is 1. The SMILES string of the molecule is Cl.[C-]1=CC=CC1.[Zr+2].[c-]1ccccc1. The van der Waals surface area contributed by atoms with Crippen LogP contribution in [-0.2, 0) is 26.2 Å². The van der Waals surface area contributed by atoms with Crippen LogP contribution in [0.4, 0.5) is 0 Å². The summed E-state index contributed by atoms with van der Waals surface area (Å²) in [5, 5.41) is 0. The number of hydrogen-bond acceptors (Lipinski definition) is 0. The average Bonchev–Trinajstić information content (AvgIpc) is 2.64. The van der Waals surface area contributed by atoms with Crippen LogP contribution in [0.3, 0.4) is 0 Å². The molecule has 0 bridgehead atoms. The third-order valence-corrected chi connectivity index (χ3v) is 1.19. The van der Waals surface area contributed by atoms with Gasteiger partial charge in [0.2, 0.25) is 0 Å². The monoisotopic (exact) mass is 268 g/mol. The van der Waals surface area contributed by atoms with Gasteiger partial charge in [-0.25, -0.2) is 12.2 Å².